The van der Waals surface area contributed by atoms with Crippen LogP contribution in [0.5, 0.6) is 0 Å². The second-order valence-electron chi connectivity index (χ2n) is 4.47. The minimum Gasteiger partial charge on any atom is -0.348 e. The molecule has 1 fully saturated rings. The van der Waals surface area contributed by atoms with E-state index in [2.05, 4.69) is 23.9 Å². The Balaban J connectivity index is 2.18. The second-order valence-corrected chi connectivity index (χ2v) is 5.48. The van der Waals surface area contributed by atoms with Gasteiger partial charge in [-0.1, -0.05) is 18.3 Å². The number of aryl methyl sites for hydroxylation is 1. The lowest BCUT2D eigenvalue weighted by molar-refractivity contribution is 0.112. The van der Waals surface area contributed by atoms with E-state index < -0.39 is 0 Å². The molecular weight excluding hydrogens is 220 g/mol. The van der Waals surface area contributed by atoms with Crippen LogP contribution in [0.15, 0.2) is 0 Å². The van der Waals surface area contributed by atoms with E-state index in [9.17, 15) is 4.79 Å². The number of aromatic nitrogens is 1. The highest BCUT2D eigenvalue weighted by atomic mass is 32.1. The highest BCUT2D eigenvalue weighted by Gasteiger charge is 2.31. The molecule has 0 amide bonds. The monoisotopic (exact) mass is 238 g/mol. The Kier molecular flexibility index (Phi) is 3.28. The lowest BCUT2D eigenvalue weighted by atomic mass is 10.2. The first-order valence-corrected chi connectivity index (χ1v) is 6.66. The Morgan fingerprint density at radius 2 is 2.31 bits per heavy atom. The number of aldehydes is 1. The van der Waals surface area contributed by atoms with Crippen molar-refractivity contribution in [3.05, 3.63) is 10.6 Å². The molecule has 2 rings (SSSR count). The molecule has 0 radical (unpaired) electrons. The Morgan fingerprint density at radius 1 is 1.62 bits per heavy atom. The van der Waals surface area contributed by atoms with Crippen LogP contribution in [0.1, 0.15) is 42.1 Å². The van der Waals surface area contributed by atoms with E-state index in [1.54, 1.807) is 0 Å². The third kappa shape index (κ3) is 2.12. The Labute approximate surface area is 100 Å². The van der Waals surface area contributed by atoms with Crippen molar-refractivity contribution in [1.82, 2.24) is 4.98 Å². The van der Waals surface area contributed by atoms with Gasteiger partial charge in [0.1, 0.15) is 0 Å². The van der Waals surface area contributed by atoms with E-state index in [4.69, 9.17) is 0 Å². The third-order valence-corrected chi connectivity index (χ3v) is 4.49. The fourth-order valence-corrected chi connectivity index (χ4v) is 2.93. The fraction of sp³-hybridized carbons (Fsp3) is 0.667. The molecule has 0 N–H and O–H groups in total. The van der Waals surface area contributed by atoms with E-state index in [1.165, 1.54) is 24.2 Å². The van der Waals surface area contributed by atoms with Crippen LogP contribution in [0.4, 0.5) is 5.13 Å². The van der Waals surface area contributed by atoms with E-state index in [0.717, 1.165) is 34.3 Å². The van der Waals surface area contributed by atoms with E-state index in [-0.39, 0.29) is 0 Å². The molecule has 0 bridgehead atoms. The van der Waals surface area contributed by atoms with Crippen molar-refractivity contribution in [3.63, 3.8) is 0 Å². The maximum absolute atomic E-state index is 10.9. The topological polar surface area (TPSA) is 33.2 Å². The first-order valence-electron chi connectivity index (χ1n) is 5.85. The van der Waals surface area contributed by atoms with Crippen LogP contribution in [0.25, 0.3) is 0 Å². The van der Waals surface area contributed by atoms with Crippen molar-refractivity contribution < 1.29 is 4.79 Å². The maximum atomic E-state index is 10.9. The van der Waals surface area contributed by atoms with Gasteiger partial charge in [-0.3, -0.25) is 4.79 Å². The van der Waals surface area contributed by atoms with Gasteiger partial charge in [0.2, 0.25) is 0 Å². The predicted molar refractivity (Wildman–Crippen MR) is 67.5 cm³/mol. The predicted octanol–water partition coefficient (Wildman–Crippen LogP) is 2.75. The standard InChI is InChI=1S/C12H18N2OS/c1-4-10-11(7-15)16-12(13-10)14(3)8(2)9-5-6-9/h7-9H,4-6H2,1-3H3. The maximum Gasteiger partial charge on any atom is 0.186 e. The third-order valence-electron chi connectivity index (χ3n) is 3.38. The zero-order valence-electron chi connectivity index (χ0n) is 10.1. The van der Waals surface area contributed by atoms with Gasteiger partial charge in [-0.25, -0.2) is 4.98 Å². The van der Waals surface area contributed by atoms with E-state index >= 15 is 0 Å². The van der Waals surface area contributed by atoms with Crippen molar-refractivity contribution in [1.29, 1.82) is 0 Å². The highest BCUT2D eigenvalue weighted by Crippen LogP contribution is 2.37. The summed E-state index contributed by atoms with van der Waals surface area (Å²) < 4.78 is 0. The van der Waals surface area contributed by atoms with E-state index in [1.807, 2.05) is 6.92 Å². The van der Waals surface area contributed by atoms with Crippen LogP contribution in [0, 0.1) is 5.92 Å². The molecule has 0 aromatic carbocycles. The van der Waals surface area contributed by atoms with Gasteiger partial charge >= 0.3 is 0 Å². The van der Waals surface area contributed by atoms with Crippen molar-refractivity contribution in [3.8, 4) is 0 Å². The van der Waals surface area contributed by atoms with Gasteiger partial charge in [0.05, 0.1) is 10.6 Å². The highest BCUT2D eigenvalue weighted by molar-refractivity contribution is 7.17. The van der Waals surface area contributed by atoms with E-state index in [0.29, 0.717) is 6.04 Å². The van der Waals surface area contributed by atoms with Crippen LogP contribution in [0.3, 0.4) is 0 Å². The largest absolute Gasteiger partial charge is 0.348 e. The number of thiazole rings is 1. The molecule has 0 spiro atoms. The van der Waals surface area contributed by atoms with Gasteiger partial charge < -0.3 is 4.90 Å². The summed E-state index contributed by atoms with van der Waals surface area (Å²) in [6, 6.07) is 0.537. The number of anilines is 1. The first-order chi connectivity index (χ1) is 7.67. The van der Waals surface area contributed by atoms with Gasteiger partial charge in [0.15, 0.2) is 11.4 Å². The lowest BCUT2D eigenvalue weighted by Crippen LogP contribution is -2.30. The second kappa shape index (κ2) is 4.53. The zero-order valence-corrected chi connectivity index (χ0v) is 10.9. The van der Waals surface area contributed by atoms with Gasteiger partial charge in [-0.05, 0) is 32.1 Å². The molecule has 4 heteroatoms. The number of nitrogens with zero attached hydrogens (tertiary/aromatic N) is 2. The van der Waals surface area contributed by atoms with Crippen LogP contribution in [0.2, 0.25) is 0 Å². The van der Waals surface area contributed by atoms with Crippen LogP contribution >= 0.6 is 11.3 Å². The van der Waals surface area contributed by atoms with Gasteiger partial charge in [-0.2, -0.15) is 0 Å². The number of carbonyl (C=O) groups is 1. The molecule has 88 valence electrons. The Hall–Kier alpha value is -0.900. The first kappa shape index (κ1) is 11.6. The normalized spacial score (nSPS) is 17.2. The Morgan fingerprint density at radius 3 is 2.75 bits per heavy atom. The summed E-state index contributed by atoms with van der Waals surface area (Å²) in [4.78, 5) is 18.4. The quantitative estimate of drug-likeness (QED) is 0.740. The summed E-state index contributed by atoms with van der Waals surface area (Å²) in [5, 5.41) is 0.985. The molecule has 16 heavy (non-hydrogen) atoms. The average molecular weight is 238 g/mol. The molecule has 1 aromatic rings. The molecular formula is C12H18N2OS. The molecule has 1 aliphatic carbocycles. The molecule has 1 unspecified atom stereocenters. The minimum atomic E-state index is 0.537. The summed E-state index contributed by atoms with van der Waals surface area (Å²) in [5.41, 5.74) is 0.935. The minimum absolute atomic E-state index is 0.537. The van der Waals surface area contributed by atoms with Crippen LogP contribution < -0.4 is 4.90 Å². The number of hydrogen-bond acceptors (Lipinski definition) is 4. The number of hydrogen-bond donors (Lipinski definition) is 0. The van der Waals surface area contributed by atoms with Gasteiger partial charge in [0, 0.05) is 13.1 Å². The van der Waals surface area contributed by atoms with Crippen molar-refractivity contribution in [2.45, 2.75) is 39.2 Å². The Bertz CT molecular complexity index is 384. The molecule has 1 aliphatic rings. The summed E-state index contributed by atoms with van der Waals surface area (Å²) in [6.45, 7) is 4.28. The molecule has 0 saturated heterocycles. The molecule has 1 aromatic heterocycles. The summed E-state index contributed by atoms with van der Waals surface area (Å²) in [5.74, 6) is 0.818. The van der Waals surface area contributed by atoms with Gasteiger partial charge in [-0.15, -0.1) is 0 Å². The number of carbonyl (C=O) groups excluding carboxylic acids is 1. The van der Waals surface area contributed by atoms with Crippen molar-refractivity contribution in [2.24, 2.45) is 5.92 Å². The smallest absolute Gasteiger partial charge is 0.186 e. The molecule has 3 nitrogen and oxygen atoms in total. The molecule has 0 aliphatic heterocycles. The summed E-state index contributed by atoms with van der Waals surface area (Å²) in [6.07, 6.45) is 4.42. The summed E-state index contributed by atoms with van der Waals surface area (Å²) in [7, 11) is 2.08. The van der Waals surface area contributed by atoms with Crippen molar-refractivity contribution >= 4 is 22.8 Å². The molecule has 1 saturated carbocycles. The molecule has 1 heterocycles. The lowest BCUT2D eigenvalue weighted by Gasteiger charge is -2.23. The summed E-state index contributed by atoms with van der Waals surface area (Å²) >= 11 is 1.51. The SMILES string of the molecule is CCc1nc(N(C)C(C)C2CC2)sc1C=O. The average Bonchev–Trinajstić information content (AvgIpc) is 3.06. The fourth-order valence-electron chi connectivity index (χ4n) is 1.92. The van der Waals surface area contributed by atoms with Crippen molar-refractivity contribution in [2.75, 3.05) is 11.9 Å². The number of rotatable bonds is 5. The zero-order chi connectivity index (χ0) is 11.7. The van der Waals surface area contributed by atoms with Gasteiger partial charge in [0.25, 0.3) is 0 Å². The molecule has 1 atom stereocenters. The van der Waals surface area contributed by atoms with Crippen LogP contribution in [-0.2, 0) is 6.42 Å². The van der Waals surface area contributed by atoms with Crippen LogP contribution in [-0.4, -0.2) is 24.4 Å².